The summed E-state index contributed by atoms with van der Waals surface area (Å²) in [5.41, 5.74) is 12.7. The Labute approximate surface area is 282 Å². The van der Waals surface area contributed by atoms with Crippen molar-refractivity contribution in [3.8, 4) is 22.6 Å². The molecule has 3 aliphatic rings. The van der Waals surface area contributed by atoms with E-state index in [4.69, 9.17) is 19.9 Å². The van der Waals surface area contributed by atoms with E-state index in [2.05, 4.69) is 41.7 Å². The molecule has 248 valence electrons. The second kappa shape index (κ2) is 13.8. The molecule has 8 heteroatoms. The van der Waals surface area contributed by atoms with Gasteiger partial charge in [0.25, 0.3) is 0 Å². The number of rotatable bonds is 10. The molecule has 1 aliphatic carbocycles. The number of carbonyl (C=O) groups excluding carboxylic acids is 2. The zero-order valence-corrected chi connectivity index (χ0v) is 27.4. The number of hydrogen-bond acceptors (Lipinski definition) is 6. The Morgan fingerprint density at radius 2 is 1.48 bits per heavy atom. The van der Waals surface area contributed by atoms with Crippen LogP contribution in [0.2, 0.25) is 0 Å². The first-order valence-electron chi connectivity index (χ1n) is 17.1. The predicted molar refractivity (Wildman–Crippen MR) is 185 cm³/mol. The fourth-order valence-electron chi connectivity index (χ4n) is 7.88. The second-order valence-corrected chi connectivity index (χ2v) is 13.1. The van der Waals surface area contributed by atoms with Crippen molar-refractivity contribution in [1.82, 2.24) is 10.2 Å². The molecule has 4 aromatic carbocycles. The Balaban J connectivity index is 1.05. The summed E-state index contributed by atoms with van der Waals surface area (Å²) in [6.07, 6.45) is 1.63. The number of carbonyl (C=O) groups is 2. The summed E-state index contributed by atoms with van der Waals surface area (Å²) in [6.45, 7) is 4.48. The van der Waals surface area contributed by atoms with E-state index < -0.39 is 17.4 Å². The van der Waals surface area contributed by atoms with E-state index in [1.54, 1.807) is 4.90 Å². The number of nitrogens with one attached hydrogen (secondary N) is 1. The molecule has 0 spiro atoms. The number of fused-ring (bicyclic) bond motifs is 5. The van der Waals surface area contributed by atoms with E-state index in [0.717, 1.165) is 46.6 Å². The third-order valence-corrected chi connectivity index (χ3v) is 10.1. The van der Waals surface area contributed by atoms with Gasteiger partial charge in [0.05, 0.1) is 5.92 Å². The van der Waals surface area contributed by atoms with Crippen LogP contribution in [0.25, 0.3) is 11.1 Å². The molecule has 4 aromatic rings. The Hall–Kier alpha value is -4.66. The molecule has 1 saturated heterocycles. The standard InChI is InChI=1S/C40H43N3O5/c1-2-46-21-11-20-40(34-16-7-9-18-36(34)48-37-19-10-8-17-35(37)40)26-42-38(44)27-22-28(41)24-43(23-27)39(45)47-25-33-31-14-5-3-12-29(31)30-13-4-6-15-32(30)33/h3-10,12-19,27-28,33H,2,11,20-26,41H2,1H3,(H,42,44)/t27-,28+/m0/s1. The summed E-state index contributed by atoms with van der Waals surface area (Å²) in [5.74, 6) is 0.973. The van der Waals surface area contributed by atoms with Crippen LogP contribution in [0, 0.1) is 5.92 Å². The van der Waals surface area contributed by atoms with Gasteiger partial charge in [0.2, 0.25) is 5.91 Å². The minimum Gasteiger partial charge on any atom is -0.457 e. The van der Waals surface area contributed by atoms with Crippen LogP contribution in [0.3, 0.4) is 0 Å². The summed E-state index contributed by atoms with van der Waals surface area (Å²) in [6, 6.07) is 32.3. The maximum atomic E-state index is 13.9. The van der Waals surface area contributed by atoms with E-state index in [1.165, 1.54) is 11.1 Å². The highest BCUT2D eigenvalue weighted by molar-refractivity contribution is 5.81. The number of benzene rings is 4. The minimum atomic E-state index is -0.512. The number of para-hydroxylation sites is 2. The fourth-order valence-corrected chi connectivity index (χ4v) is 7.88. The number of hydrogen-bond donors (Lipinski definition) is 2. The molecule has 2 heterocycles. The molecule has 3 N–H and O–H groups in total. The average molecular weight is 646 g/mol. The van der Waals surface area contributed by atoms with Gasteiger partial charge in [0.15, 0.2) is 0 Å². The number of nitrogens with zero attached hydrogens (tertiary/aromatic N) is 1. The molecule has 2 aliphatic heterocycles. The normalized spacial score (nSPS) is 18.9. The molecule has 2 amide bonds. The van der Waals surface area contributed by atoms with E-state index in [0.29, 0.717) is 32.7 Å². The van der Waals surface area contributed by atoms with Gasteiger partial charge in [-0.3, -0.25) is 4.79 Å². The third kappa shape index (κ3) is 6.06. The Morgan fingerprint density at radius 3 is 2.12 bits per heavy atom. The number of amides is 2. The lowest BCUT2D eigenvalue weighted by molar-refractivity contribution is -0.126. The van der Waals surface area contributed by atoms with Gasteiger partial charge in [-0.2, -0.15) is 0 Å². The van der Waals surface area contributed by atoms with E-state index in [1.807, 2.05) is 67.6 Å². The predicted octanol–water partition coefficient (Wildman–Crippen LogP) is 6.61. The van der Waals surface area contributed by atoms with Crippen molar-refractivity contribution in [1.29, 1.82) is 0 Å². The monoisotopic (exact) mass is 645 g/mol. The lowest BCUT2D eigenvalue weighted by Gasteiger charge is -2.41. The maximum absolute atomic E-state index is 13.9. The highest BCUT2D eigenvalue weighted by Gasteiger charge is 2.43. The molecule has 1 fully saturated rings. The van der Waals surface area contributed by atoms with Gasteiger partial charge >= 0.3 is 6.09 Å². The first-order valence-corrected chi connectivity index (χ1v) is 17.1. The SMILES string of the molecule is CCOCCCC1(CNC(=O)[C@H]2C[C@@H](N)CN(C(=O)OCC3c4ccccc4-c4ccccc43)C2)c2ccccc2Oc2ccccc21. The van der Waals surface area contributed by atoms with Gasteiger partial charge in [-0.05, 0) is 60.6 Å². The lowest BCUT2D eigenvalue weighted by Crippen LogP contribution is -2.54. The summed E-state index contributed by atoms with van der Waals surface area (Å²) < 4.78 is 18.0. The zero-order chi connectivity index (χ0) is 33.1. The van der Waals surface area contributed by atoms with Crippen molar-refractivity contribution in [3.63, 3.8) is 0 Å². The number of nitrogens with two attached hydrogens (primary N) is 1. The first kappa shape index (κ1) is 31.9. The van der Waals surface area contributed by atoms with Crippen LogP contribution in [0.4, 0.5) is 4.79 Å². The van der Waals surface area contributed by atoms with Crippen LogP contribution < -0.4 is 15.8 Å². The van der Waals surface area contributed by atoms with Crippen LogP contribution in [-0.4, -0.2) is 62.4 Å². The zero-order valence-electron chi connectivity index (χ0n) is 27.4. The van der Waals surface area contributed by atoms with E-state index in [9.17, 15) is 9.59 Å². The van der Waals surface area contributed by atoms with E-state index >= 15 is 0 Å². The molecular formula is C40H43N3O5. The highest BCUT2D eigenvalue weighted by Crippen LogP contribution is 2.50. The topological polar surface area (TPSA) is 103 Å². The van der Waals surface area contributed by atoms with Crippen molar-refractivity contribution in [2.24, 2.45) is 11.7 Å². The fraction of sp³-hybridized carbons (Fsp3) is 0.350. The van der Waals surface area contributed by atoms with Crippen LogP contribution in [0.5, 0.6) is 11.5 Å². The Morgan fingerprint density at radius 1 is 0.875 bits per heavy atom. The minimum absolute atomic E-state index is 0.0388. The largest absolute Gasteiger partial charge is 0.457 e. The van der Waals surface area contributed by atoms with Crippen LogP contribution in [-0.2, 0) is 19.7 Å². The lowest BCUT2D eigenvalue weighted by atomic mass is 9.69. The van der Waals surface area contributed by atoms with Crippen LogP contribution in [0.1, 0.15) is 54.4 Å². The first-order chi connectivity index (χ1) is 23.5. The number of piperidine rings is 1. The van der Waals surface area contributed by atoms with Gasteiger partial charge in [0, 0.05) is 61.3 Å². The second-order valence-electron chi connectivity index (χ2n) is 13.1. The van der Waals surface area contributed by atoms with Crippen molar-refractivity contribution >= 4 is 12.0 Å². The van der Waals surface area contributed by atoms with E-state index in [-0.39, 0.29) is 31.0 Å². The molecule has 0 saturated carbocycles. The molecule has 2 atom stereocenters. The molecule has 8 nitrogen and oxygen atoms in total. The number of ether oxygens (including phenoxy) is 3. The molecule has 0 bridgehead atoms. The van der Waals surface area contributed by atoms with Crippen molar-refractivity contribution in [3.05, 3.63) is 119 Å². The molecule has 0 aromatic heterocycles. The maximum Gasteiger partial charge on any atom is 0.409 e. The summed E-state index contributed by atoms with van der Waals surface area (Å²) >= 11 is 0. The van der Waals surface area contributed by atoms with Gasteiger partial charge in [0.1, 0.15) is 18.1 Å². The van der Waals surface area contributed by atoms with Crippen LogP contribution in [0.15, 0.2) is 97.1 Å². The van der Waals surface area contributed by atoms with Crippen molar-refractivity contribution < 1.29 is 23.8 Å². The summed E-state index contributed by atoms with van der Waals surface area (Å²) in [4.78, 5) is 29.0. The quantitative estimate of drug-likeness (QED) is 0.188. The summed E-state index contributed by atoms with van der Waals surface area (Å²) in [7, 11) is 0. The van der Waals surface area contributed by atoms with Gasteiger partial charge < -0.3 is 30.2 Å². The summed E-state index contributed by atoms with van der Waals surface area (Å²) in [5, 5.41) is 3.29. The third-order valence-electron chi connectivity index (χ3n) is 10.1. The van der Waals surface area contributed by atoms with Gasteiger partial charge in [-0.25, -0.2) is 4.79 Å². The van der Waals surface area contributed by atoms with Crippen molar-refractivity contribution in [2.45, 2.75) is 43.6 Å². The Kier molecular flexibility index (Phi) is 9.19. The highest BCUT2D eigenvalue weighted by atomic mass is 16.6. The van der Waals surface area contributed by atoms with Gasteiger partial charge in [-0.15, -0.1) is 0 Å². The molecule has 0 radical (unpaired) electrons. The smallest absolute Gasteiger partial charge is 0.409 e. The molecular weight excluding hydrogens is 602 g/mol. The van der Waals surface area contributed by atoms with Gasteiger partial charge in [-0.1, -0.05) is 84.9 Å². The average Bonchev–Trinajstić information content (AvgIpc) is 3.44. The molecule has 7 rings (SSSR count). The molecule has 48 heavy (non-hydrogen) atoms. The van der Waals surface area contributed by atoms with Crippen molar-refractivity contribution in [2.75, 3.05) is 39.5 Å². The van der Waals surface area contributed by atoms with Crippen LogP contribution >= 0.6 is 0 Å². The Bertz CT molecular complexity index is 1700. The molecule has 0 unspecified atom stereocenters. The number of likely N-dealkylation sites (tertiary alicyclic amines) is 1.